The van der Waals surface area contributed by atoms with E-state index in [1.54, 1.807) is 18.4 Å². The highest BCUT2D eigenvalue weighted by Crippen LogP contribution is 2.27. The topological polar surface area (TPSA) is 43.6 Å². The number of carbonyl (C=O) groups is 1. The Kier molecular flexibility index (Phi) is 5.12. The van der Waals surface area contributed by atoms with Crippen LogP contribution in [0.15, 0.2) is 41.4 Å². The lowest BCUT2D eigenvalue weighted by Gasteiger charge is -2.15. The average molecular weight is 381 g/mol. The van der Waals surface area contributed by atoms with Crippen LogP contribution in [0.25, 0.3) is 10.2 Å². The summed E-state index contributed by atoms with van der Waals surface area (Å²) in [7, 11) is 1.68. The quantitative estimate of drug-likeness (QED) is 0.656. The van der Waals surface area contributed by atoms with Gasteiger partial charge in [0.25, 0.3) is 5.91 Å². The Bertz CT molecular complexity index is 1060. The SMILES string of the molecule is CCCn1c(=NC(=O)c2ccc3c(c2)CCCC3)sc2cccc(OC)c21. The standard InChI is InChI=1S/C22H24N2O2S/c1-3-13-24-20-18(26-2)9-6-10-19(20)27-22(24)23-21(25)17-12-11-15-7-4-5-8-16(15)14-17/h6,9-12,14H,3-5,7-8,13H2,1-2H3. The molecule has 27 heavy (non-hydrogen) atoms. The van der Waals surface area contributed by atoms with E-state index in [1.165, 1.54) is 24.0 Å². The molecule has 1 aliphatic rings. The molecule has 140 valence electrons. The van der Waals surface area contributed by atoms with Crippen LogP contribution in [0, 0.1) is 0 Å². The fraction of sp³-hybridized carbons (Fsp3) is 0.364. The summed E-state index contributed by atoms with van der Waals surface area (Å²) in [4.78, 5) is 18.1. The van der Waals surface area contributed by atoms with Crippen molar-refractivity contribution in [1.29, 1.82) is 0 Å². The van der Waals surface area contributed by atoms with E-state index in [9.17, 15) is 4.79 Å². The summed E-state index contributed by atoms with van der Waals surface area (Å²) in [5, 5.41) is 0. The summed E-state index contributed by atoms with van der Waals surface area (Å²) in [5.41, 5.74) is 4.39. The smallest absolute Gasteiger partial charge is 0.279 e. The lowest BCUT2D eigenvalue weighted by molar-refractivity contribution is 0.0997. The number of amides is 1. The summed E-state index contributed by atoms with van der Waals surface area (Å²) in [6.07, 6.45) is 5.59. The highest BCUT2D eigenvalue weighted by molar-refractivity contribution is 7.16. The third kappa shape index (κ3) is 3.44. The summed E-state index contributed by atoms with van der Waals surface area (Å²) < 4.78 is 8.73. The first kappa shape index (κ1) is 18.0. The van der Waals surface area contributed by atoms with Crippen molar-refractivity contribution in [3.05, 3.63) is 57.9 Å². The Labute approximate surface area is 163 Å². The number of hydrogen-bond donors (Lipinski definition) is 0. The number of benzene rings is 2. The van der Waals surface area contributed by atoms with Crippen LogP contribution in [0.4, 0.5) is 0 Å². The predicted molar refractivity (Wildman–Crippen MR) is 110 cm³/mol. The van der Waals surface area contributed by atoms with Crippen LogP contribution in [0.1, 0.15) is 47.7 Å². The van der Waals surface area contributed by atoms with E-state index in [2.05, 4.69) is 28.6 Å². The van der Waals surface area contributed by atoms with Crippen molar-refractivity contribution in [3.8, 4) is 5.75 Å². The lowest BCUT2D eigenvalue weighted by Crippen LogP contribution is -2.17. The number of carbonyl (C=O) groups excluding carboxylic acids is 1. The van der Waals surface area contributed by atoms with E-state index in [-0.39, 0.29) is 5.91 Å². The van der Waals surface area contributed by atoms with Gasteiger partial charge in [-0.25, -0.2) is 0 Å². The Morgan fingerprint density at radius 3 is 2.78 bits per heavy atom. The van der Waals surface area contributed by atoms with Crippen LogP contribution in [-0.4, -0.2) is 17.6 Å². The number of para-hydroxylation sites is 1. The zero-order valence-electron chi connectivity index (χ0n) is 15.8. The van der Waals surface area contributed by atoms with E-state index in [0.717, 1.165) is 46.6 Å². The van der Waals surface area contributed by atoms with Gasteiger partial charge in [0, 0.05) is 12.1 Å². The number of nitrogens with zero attached hydrogens (tertiary/aromatic N) is 2. The number of rotatable bonds is 4. The van der Waals surface area contributed by atoms with Crippen LogP contribution in [-0.2, 0) is 19.4 Å². The molecule has 5 heteroatoms. The van der Waals surface area contributed by atoms with Crippen LogP contribution in [0.3, 0.4) is 0 Å². The van der Waals surface area contributed by atoms with Gasteiger partial charge in [-0.1, -0.05) is 30.4 Å². The molecular formula is C22H24N2O2S. The first-order valence-electron chi connectivity index (χ1n) is 9.58. The summed E-state index contributed by atoms with van der Waals surface area (Å²) in [6.45, 7) is 2.93. The van der Waals surface area contributed by atoms with Gasteiger partial charge in [-0.15, -0.1) is 0 Å². The van der Waals surface area contributed by atoms with Gasteiger partial charge in [0.15, 0.2) is 4.80 Å². The molecule has 1 heterocycles. The lowest BCUT2D eigenvalue weighted by atomic mass is 9.90. The van der Waals surface area contributed by atoms with E-state index in [1.807, 2.05) is 24.3 Å². The second kappa shape index (κ2) is 7.69. The molecule has 0 N–H and O–H groups in total. The minimum Gasteiger partial charge on any atom is -0.495 e. The molecule has 0 fully saturated rings. The van der Waals surface area contributed by atoms with E-state index < -0.39 is 0 Å². The monoisotopic (exact) mass is 380 g/mol. The number of aryl methyl sites for hydroxylation is 3. The molecule has 3 aromatic rings. The van der Waals surface area contributed by atoms with E-state index >= 15 is 0 Å². The van der Waals surface area contributed by atoms with Crippen LogP contribution in [0.5, 0.6) is 5.75 Å². The van der Waals surface area contributed by atoms with Gasteiger partial charge in [0.2, 0.25) is 0 Å². The number of thiazole rings is 1. The summed E-state index contributed by atoms with van der Waals surface area (Å²) in [6, 6.07) is 12.0. The molecule has 0 spiro atoms. The first-order valence-corrected chi connectivity index (χ1v) is 10.4. The van der Waals surface area contributed by atoms with Gasteiger partial charge in [-0.05, 0) is 67.5 Å². The van der Waals surface area contributed by atoms with E-state index in [4.69, 9.17) is 4.74 Å². The Morgan fingerprint density at radius 1 is 1.19 bits per heavy atom. The van der Waals surface area contributed by atoms with Gasteiger partial charge < -0.3 is 9.30 Å². The van der Waals surface area contributed by atoms with Crippen LogP contribution in [0.2, 0.25) is 0 Å². The third-order valence-electron chi connectivity index (χ3n) is 5.12. The molecule has 0 bridgehead atoms. The molecule has 2 aromatic carbocycles. The summed E-state index contributed by atoms with van der Waals surface area (Å²) in [5.74, 6) is 0.652. The minimum absolute atomic E-state index is 0.168. The molecule has 0 saturated carbocycles. The molecule has 1 aromatic heterocycles. The molecule has 0 saturated heterocycles. The third-order valence-corrected chi connectivity index (χ3v) is 6.17. The maximum atomic E-state index is 12.9. The van der Waals surface area contributed by atoms with Gasteiger partial charge in [-0.2, -0.15) is 4.99 Å². The number of methoxy groups -OCH3 is 1. The van der Waals surface area contributed by atoms with Gasteiger partial charge >= 0.3 is 0 Å². The molecule has 4 nitrogen and oxygen atoms in total. The van der Waals surface area contributed by atoms with Crippen molar-refractivity contribution >= 4 is 27.5 Å². The second-order valence-corrected chi connectivity index (χ2v) is 7.96. The fourth-order valence-electron chi connectivity index (χ4n) is 3.80. The predicted octanol–water partition coefficient (Wildman–Crippen LogP) is 4.74. The summed E-state index contributed by atoms with van der Waals surface area (Å²) >= 11 is 1.54. The first-order chi connectivity index (χ1) is 13.2. The van der Waals surface area contributed by atoms with Crippen molar-refractivity contribution in [3.63, 3.8) is 0 Å². The van der Waals surface area contributed by atoms with Crippen LogP contribution >= 0.6 is 11.3 Å². The highest BCUT2D eigenvalue weighted by Gasteiger charge is 2.15. The zero-order valence-corrected chi connectivity index (χ0v) is 16.6. The van der Waals surface area contributed by atoms with E-state index in [0.29, 0.717) is 5.56 Å². The largest absolute Gasteiger partial charge is 0.495 e. The Balaban J connectivity index is 1.80. The average Bonchev–Trinajstić information content (AvgIpc) is 3.05. The highest BCUT2D eigenvalue weighted by atomic mass is 32.1. The molecule has 1 amide bonds. The molecule has 4 rings (SSSR count). The van der Waals surface area contributed by atoms with Crippen molar-refractivity contribution in [2.24, 2.45) is 4.99 Å². The Hall–Kier alpha value is -2.40. The normalized spacial score (nSPS) is 14.4. The van der Waals surface area contributed by atoms with Gasteiger partial charge in [0.05, 0.1) is 11.8 Å². The van der Waals surface area contributed by atoms with Gasteiger partial charge in [0.1, 0.15) is 11.3 Å². The number of hydrogen-bond acceptors (Lipinski definition) is 3. The maximum absolute atomic E-state index is 12.9. The maximum Gasteiger partial charge on any atom is 0.279 e. The minimum atomic E-state index is -0.168. The number of ether oxygens (including phenoxy) is 1. The molecular weight excluding hydrogens is 356 g/mol. The van der Waals surface area contributed by atoms with Crippen LogP contribution < -0.4 is 9.54 Å². The van der Waals surface area contributed by atoms with Crippen molar-refractivity contribution < 1.29 is 9.53 Å². The fourth-order valence-corrected chi connectivity index (χ4v) is 4.87. The second-order valence-electron chi connectivity index (χ2n) is 6.95. The van der Waals surface area contributed by atoms with Crippen molar-refractivity contribution in [2.75, 3.05) is 7.11 Å². The molecule has 0 aliphatic heterocycles. The Morgan fingerprint density at radius 2 is 2.00 bits per heavy atom. The zero-order chi connectivity index (χ0) is 18.8. The molecule has 0 radical (unpaired) electrons. The van der Waals surface area contributed by atoms with Crippen molar-refractivity contribution in [2.45, 2.75) is 45.6 Å². The van der Waals surface area contributed by atoms with Gasteiger partial charge in [-0.3, -0.25) is 4.79 Å². The molecule has 1 aliphatic carbocycles. The molecule has 0 atom stereocenters. The van der Waals surface area contributed by atoms with Crippen molar-refractivity contribution in [1.82, 2.24) is 4.57 Å². The number of fused-ring (bicyclic) bond motifs is 2. The molecule has 0 unspecified atom stereocenters. The number of aromatic nitrogens is 1.